The first-order valence-corrected chi connectivity index (χ1v) is 9.08. The third-order valence-electron chi connectivity index (χ3n) is 4.95. The molecule has 5 nitrogen and oxygen atoms in total. The summed E-state index contributed by atoms with van der Waals surface area (Å²) in [6.07, 6.45) is 1.83. The number of carbonyl (C=O) groups excluding carboxylic acids is 2. The largest absolute Gasteiger partial charge is 0.341 e. The Morgan fingerprint density at radius 2 is 1.58 bits per heavy atom. The summed E-state index contributed by atoms with van der Waals surface area (Å²) < 4.78 is 0. The minimum atomic E-state index is -0.682. The van der Waals surface area contributed by atoms with Gasteiger partial charge in [0.25, 0.3) is 5.91 Å². The molecule has 0 saturated carbocycles. The summed E-state index contributed by atoms with van der Waals surface area (Å²) in [7, 11) is 0. The van der Waals surface area contributed by atoms with Gasteiger partial charge in [-0.15, -0.1) is 0 Å². The average Bonchev–Trinajstić information content (AvgIpc) is 2.72. The van der Waals surface area contributed by atoms with Crippen LogP contribution in [0.4, 0.5) is 0 Å². The standard InChI is InChI=1S/C21H25N3O2/c22-15-16-11-13-24(14-12-16)21(26)19(17-7-3-1-4-8-17)23-20(25)18-9-5-2-6-10-18/h1-10,16,19H,11-15,22H2,(H,23,25). The molecule has 1 fully saturated rings. The Hall–Kier alpha value is -2.66. The maximum atomic E-state index is 13.1. The Balaban J connectivity index is 1.78. The lowest BCUT2D eigenvalue weighted by Crippen LogP contribution is -2.46. The van der Waals surface area contributed by atoms with Gasteiger partial charge in [-0.2, -0.15) is 0 Å². The fraction of sp³-hybridized carbons (Fsp3) is 0.333. The van der Waals surface area contributed by atoms with Crippen LogP contribution in [0.1, 0.15) is 34.8 Å². The molecule has 3 rings (SSSR count). The number of piperidine rings is 1. The smallest absolute Gasteiger partial charge is 0.252 e. The lowest BCUT2D eigenvalue weighted by molar-refractivity contribution is -0.134. The third-order valence-corrected chi connectivity index (χ3v) is 4.95. The highest BCUT2D eigenvalue weighted by Gasteiger charge is 2.30. The monoisotopic (exact) mass is 351 g/mol. The molecule has 1 saturated heterocycles. The van der Waals surface area contributed by atoms with Crippen molar-refractivity contribution in [3.05, 3.63) is 71.8 Å². The Kier molecular flexibility index (Phi) is 6.02. The molecule has 1 heterocycles. The van der Waals surface area contributed by atoms with Crippen LogP contribution in [0.15, 0.2) is 60.7 Å². The Labute approximate surface area is 154 Å². The number of nitrogens with two attached hydrogens (primary N) is 1. The zero-order valence-electron chi connectivity index (χ0n) is 14.8. The van der Waals surface area contributed by atoms with Gasteiger partial charge in [-0.1, -0.05) is 48.5 Å². The van der Waals surface area contributed by atoms with E-state index in [0.29, 0.717) is 31.1 Å². The molecule has 0 radical (unpaired) electrons. The Bertz CT molecular complexity index is 725. The van der Waals surface area contributed by atoms with Crippen molar-refractivity contribution < 1.29 is 9.59 Å². The van der Waals surface area contributed by atoms with Crippen LogP contribution in [-0.2, 0) is 4.79 Å². The number of nitrogens with zero attached hydrogens (tertiary/aromatic N) is 1. The van der Waals surface area contributed by atoms with E-state index in [9.17, 15) is 9.59 Å². The van der Waals surface area contributed by atoms with E-state index in [4.69, 9.17) is 5.73 Å². The average molecular weight is 351 g/mol. The topological polar surface area (TPSA) is 75.4 Å². The minimum Gasteiger partial charge on any atom is -0.341 e. The lowest BCUT2D eigenvalue weighted by atomic mass is 9.96. The molecule has 2 aromatic carbocycles. The lowest BCUT2D eigenvalue weighted by Gasteiger charge is -2.34. The van der Waals surface area contributed by atoms with Crippen LogP contribution in [0, 0.1) is 5.92 Å². The number of amides is 2. The molecule has 0 bridgehead atoms. The van der Waals surface area contributed by atoms with E-state index in [1.54, 1.807) is 12.1 Å². The molecule has 3 N–H and O–H groups in total. The highest BCUT2D eigenvalue weighted by molar-refractivity contribution is 5.97. The van der Waals surface area contributed by atoms with Gasteiger partial charge in [0.1, 0.15) is 6.04 Å². The summed E-state index contributed by atoms with van der Waals surface area (Å²) in [6, 6.07) is 17.7. The molecule has 0 aliphatic carbocycles. The van der Waals surface area contributed by atoms with E-state index in [1.807, 2.05) is 53.4 Å². The second-order valence-electron chi connectivity index (χ2n) is 6.69. The summed E-state index contributed by atoms with van der Waals surface area (Å²) in [4.78, 5) is 27.6. The number of carbonyl (C=O) groups is 2. The molecule has 0 spiro atoms. The molecule has 136 valence electrons. The van der Waals surface area contributed by atoms with Gasteiger partial charge in [0.05, 0.1) is 0 Å². The predicted octanol–water partition coefficient (Wildman–Crippen LogP) is 2.36. The third kappa shape index (κ3) is 4.29. The first kappa shape index (κ1) is 18.1. The van der Waals surface area contributed by atoms with Gasteiger partial charge in [0, 0.05) is 18.7 Å². The fourth-order valence-corrected chi connectivity index (χ4v) is 3.31. The van der Waals surface area contributed by atoms with E-state index < -0.39 is 6.04 Å². The normalized spacial score (nSPS) is 16.1. The van der Waals surface area contributed by atoms with E-state index in [1.165, 1.54) is 0 Å². The number of rotatable bonds is 5. The minimum absolute atomic E-state index is 0.0593. The number of benzene rings is 2. The number of hydrogen-bond donors (Lipinski definition) is 2. The molecule has 0 aromatic heterocycles. The molecule has 1 unspecified atom stereocenters. The van der Waals surface area contributed by atoms with E-state index in [2.05, 4.69) is 5.32 Å². The predicted molar refractivity (Wildman–Crippen MR) is 101 cm³/mol. The molecule has 1 aliphatic rings. The molecular formula is C21H25N3O2. The number of likely N-dealkylation sites (tertiary alicyclic amines) is 1. The van der Waals surface area contributed by atoms with Crippen LogP contribution in [-0.4, -0.2) is 36.3 Å². The maximum absolute atomic E-state index is 13.1. The molecule has 26 heavy (non-hydrogen) atoms. The first-order valence-electron chi connectivity index (χ1n) is 9.08. The second kappa shape index (κ2) is 8.63. The summed E-state index contributed by atoms with van der Waals surface area (Å²) >= 11 is 0. The second-order valence-corrected chi connectivity index (χ2v) is 6.69. The van der Waals surface area contributed by atoms with Crippen LogP contribution < -0.4 is 11.1 Å². The molecule has 2 aromatic rings. The number of nitrogens with one attached hydrogen (secondary N) is 1. The molecule has 5 heteroatoms. The molecule has 1 atom stereocenters. The van der Waals surface area contributed by atoms with Crippen LogP contribution in [0.3, 0.4) is 0 Å². The SMILES string of the molecule is NCC1CCN(C(=O)C(NC(=O)c2ccccc2)c2ccccc2)CC1. The van der Waals surface area contributed by atoms with Gasteiger partial charge < -0.3 is 16.0 Å². The van der Waals surface area contributed by atoms with E-state index >= 15 is 0 Å². The highest BCUT2D eigenvalue weighted by atomic mass is 16.2. The zero-order valence-corrected chi connectivity index (χ0v) is 14.8. The van der Waals surface area contributed by atoms with Gasteiger partial charge >= 0.3 is 0 Å². The maximum Gasteiger partial charge on any atom is 0.252 e. The van der Waals surface area contributed by atoms with Gasteiger partial charge in [-0.05, 0) is 43.0 Å². The molecular weight excluding hydrogens is 326 g/mol. The van der Waals surface area contributed by atoms with Gasteiger partial charge in [-0.25, -0.2) is 0 Å². The first-order chi connectivity index (χ1) is 12.7. The van der Waals surface area contributed by atoms with Crippen LogP contribution in [0.5, 0.6) is 0 Å². The van der Waals surface area contributed by atoms with E-state index in [0.717, 1.165) is 18.4 Å². The van der Waals surface area contributed by atoms with E-state index in [-0.39, 0.29) is 11.8 Å². The quantitative estimate of drug-likeness (QED) is 0.868. The van der Waals surface area contributed by atoms with Crippen LogP contribution in [0.2, 0.25) is 0 Å². The van der Waals surface area contributed by atoms with Crippen molar-refractivity contribution in [2.24, 2.45) is 11.7 Å². The van der Waals surface area contributed by atoms with Crippen molar-refractivity contribution in [2.75, 3.05) is 19.6 Å². The van der Waals surface area contributed by atoms with Crippen molar-refractivity contribution in [3.8, 4) is 0 Å². The summed E-state index contributed by atoms with van der Waals surface area (Å²) in [5, 5.41) is 2.92. The molecule has 1 aliphatic heterocycles. The van der Waals surface area contributed by atoms with Gasteiger partial charge in [0.2, 0.25) is 5.91 Å². The summed E-state index contributed by atoms with van der Waals surface area (Å²) in [6.45, 7) is 2.03. The van der Waals surface area contributed by atoms with Crippen molar-refractivity contribution in [2.45, 2.75) is 18.9 Å². The Morgan fingerprint density at radius 1 is 1.00 bits per heavy atom. The van der Waals surface area contributed by atoms with Gasteiger partial charge in [0.15, 0.2) is 0 Å². The summed E-state index contributed by atoms with van der Waals surface area (Å²) in [5.74, 6) is 0.175. The van der Waals surface area contributed by atoms with Crippen LogP contribution >= 0.6 is 0 Å². The fourth-order valence-electron chi connectivity index (χ4n) is 3.31. The van der Waals surface area contributed by atoms with Crippen molar-refractivity contribution in [1.29, 1.82) is 0 Å². The van der Waals surface area contributed by atoms with Crippen molar-refractivity contribution in [3.63, 3.8) is 0 Å². The zero-order chi connectivity index (χ0) is 18.4. The van der Waals surface area contributed by atoms with Crippen molar-refractivity contribution >= 4 is 11.8 Å². The van der Waals surface area contributed by atoms with Gasteiger partial charge in [-0.3, -0.25) is 9.59 Å². The summed E-state index contributed by atoms with van der Waals surface area (Å²) in [5.41, 5.74) is 7.08. The Morgan fingerprint density at radius 3 is 2.15 bits per heavy atom. The van der Waals surface area contributed by atoms with Crippen molar-refractivity contribution in [1.82, 2.24) is 10.2 Å². The van der Waals surface area contributed by atoms with Crippen LogP contribution in [0.25, 0.3) is 0 Å². The molecule has 2 amide bonds. The number of hydrogen-bond acceptors (Lipinski definition) is 3. The highest BCUT2D eigenvalue weighted by Crippen LogP contribution is 2.22.